The van der Waals surface area contributed by atoms with Crippen LogP contribution in [0.5, 0.6) is 5.75 Å². The second kappa shape index (κ2) is 5.45. The van der Waals surface area contributed by atoms with E-state index in [1.807, 2.05) is 0 Å². The van der Waals surface area contributed by atoms with Crippen LogP contribution in [0, 0.1) is 0 Å². The van der Waals surface area contributed by atoms with Crippen LogP contribution in [-0.4, -0.2) is 19.7 Å². The van der Waals surface area contributed by atoms with Gasteiger partial charge in [0.25, 0.3) is 0 Å². The Morgan fingerprint density at radius 2 is 2.12 bits per heavy atom. The van der Waals surface area contributed by atoms with Crippen molar-refractivity contribution in [3.8, 4) is 5.75 Å². The minimum absolute atomic E-state index is 0.0343. The lowest BCUT2D eigenvalue weighted by molar-refractivity contribution is -0.0498. The molecule has 3 nitrogen and oxygen atoms in total. The zero-order valence-corrected chi connectivity index (χ0v) is 10.3. The quantitative estimate of drug-likeness (QED) is 0.801. The smallest absolute Gasteiger partial charge is 0.387 e. The second-order valence-electron chi connectivity index (χ2n) is 2.64. The summed E-state index contributed by atoms with van der Waals surface area (Å²) in [6.45, 7) is -3.02. The van der Waals surface area contributed by atoms with Gasteiger partial charge in [0.05, 0.1) is 17.7 Å². The van der Waals surface area contributed by atoms with Crippen LogP contribution in [0.1, 0.15) is 10.4 Å². The number of halogens is 4. The first-order valence-corrected chi connectivity index (χ1v) is 5.15. The molecule has 1 aromatic rings. The number of carbonyl (C=O) groups excluding carboxylic acids is 1. The van der Waals surface area contributed by atoms with Crippen LogP contribution in [0.25, 0.3) is 0 Å². The molecule has 0 saturated heterocycles. The maximum Gasteiger partial charge on any atom is 0.387 e. The summed E-state index contributed by atoms with van der Waals surface area (Å²) in [7, 11) is 1.18. The monoisotopic (exact) mass is 314 g/mol. The number of hydrogen-bond acceptors (Lipinski definition) is 3. The molecule has 0 aliphatic heterocycles. The number of alkyl halides is 2. The second-order valence-corrected chi connectivity index (χ2v) is 3.87. The molecule has 0 spiro atoms. The van der Waals surface area contributed by atoms with E-state index in [9.17, 15) is 13.6 Å². The van der Waals surface area contributed by atoms with Crippen molar-refractivity contribution in [2.24, 2.45) is 0 Å². The van der Waals surface area contributed by atoms with Gasteiger partial charge in [0.2, 0.25) is 0 Å². The van der Waals surface area contributed by atoms with E-state index in [1.54, 1.807) is 0 Å². The SMILES string of the molecule is COC(=O)c1cc(Br)c(Cl)c(OC(F)F)c1. The molecule has 0 saturated carbocycles. The van der Waals surface area contributed by atoms with Crippen LogP contribution in [0.2, 0.25) is 5.02 Å². The molecule has 0 amide bonds. The molecular formula is C9H6BrClF2O3. The van der Waals surface area contributed by atoms with E-state index >= 15 is 0 Å². The Hall–Kier alpha value is -0.880. The fraction of sp³-hybridized carbons (Fsp3) is 0.222. The van der Waals surface area contributed by atoms with E-state index in [0.29, 0.717) is 0 Å². The van der Waals surface area contributed by atoms with Crippen molar-refractivity contribution < 1.29 is 23.0 Å². The Bertz CT molecular complexity index is 412. The molecule has 16 heavy (non-hydrogen) atoms. The summed E-state index contributed by atoms with van der Waals surface area (Å²) < 4.78 is 32.9. The number of hydrogen-bond donors (Lipinski definition) is 0. The maximum absolute atomic E-state index is 12.0. The van der Waals surface area contributed by atoms with Crippen LogP contribution in [0.3, 0.4) is 0 Å². The summed E-state index contributed by atoms with van der Waals surface area (Å²) in [6.07, 6.45) is 0. The predicted octanol–water partition coefficient (Wildman–Crippen LogP) is 3.49. The van der Waals surface area contributed by atoms with Crippen molar-refractivity contribution in [2.75, 3.05) is 7.11 Å². The minimum Gasteiger partial charge on any atom is -0.465 e. The van der Waals surface area contributed by atoms with Gasteiger partial charge < -0.3 is 9.47 Å². The van der Waals surface area contributed by atoms with E-state index in [-0.39, 0.29) is 20.8 Å². The van der Waals surface area contributed by atoms with Crippen molar-refractivity contribution in [1.82, 2.24) is 0 Å². The first-order valence-electron chi connectivity index (χ1n) is 3.98. The molecule has 0 atom stereocenters. The standard InChI is InChI=1S/C9H6BrClF2O3/c1-15-8(14)4-2-5(10)7(11)6(3-4)16-9(12)13/h2-3,9H,1H3. The van der Waals surface area contributed by atoms with E-state index in [4.69, 9.17) is 11.6 Å². The van der Waals surface area contributed by atoms with E-state index < -0.39 is 12.6 Å². The molecular weight excluding hydrogens is 309 g/mol. The van der Waals surface area contributed by atoms with E-state index in [1.165, 1.54) is 13.2 Å². The van der Waals surface area contributed by atoms with Gasteiger partial charge in [-0.15, -0.1) is 0 Å². The number of rotatable bonds is 3. The first kappa shape index (κ1) is 13.2. The molecule has 0 fully saturated rings. The molecule has 1 rings (SSSR count). The number of benzene rings is 1. The van der Waals surface area contributed by atoms with E-state index in [2.05, 4.69) is 25.4 Å². The van der Waals surface area contributed by atoms with Gasteiger partial charge in [-0.25, -0.2) is 4.79 Å². The molecule has 0 bridgehead atoms. The normalized spacial score (nSPS) is 10.4. The highest BCUT2D eigenvalue weighted by Crippen LogP contribution is 2.34. The third-order valence-corrected chi connectivity index (χ3v) is 2.88. The van der Waals surface area contributed by atoms with Gasteiger partial charge in [-0.05, 0) is 28.1 Å². The highest BCUT2D eigenvalue weighted by Gasteiger charge is 2.16. The van der Waals surface area contributed by atoms with Crippen LogP contribution in [0.4, 0.5) is 8.78 Å². The Balaban J connectivity index is 3.16. The molecule has 0 aliphatic carbocycles. The lowest BCUT2D eigenvalue weighted by atomic mass is 10.2. The van der Waals surface area contributed by atoms with Crippen LogP contribution >= 0.6 is 27.5 Å². The van der Waals surface area contributed by atoms with Gasteiger partial charge in [0.1, 0.15) is 5.75 Å². The highest BCUT2D eigenvalue weighted by molar-refractivity contribution is 9.10. The lowest BCUT2D eigenvalue weighted by Crippen LogP contribution is -2.06. The third kappa shape index (κ3) is 3.05. The Morgan fingerprint density at radius 1 is 1.50 bits per heavy atom. The van der Waals surface area contributed by atoms with Gasteiger partial charge in [0, 0.05) is 4.47 Å². The summed E-state index contributed by atoms with van der Waals surface area (Å²) in [5.41, 5.74) is 0.0643. The van der Waals surface area contributed by atoms with Gasteiger partial charge in [-0.1, -0.05) is 11.6 Å². The number of ether oxygens (including phenoxy) is 2. The zero-order chi connectivity index (χ0) is 12.3. The van der Waals surface area contributed by atoms with E-state index in [0.717, 1.165) is 6.07 Å². The van der Waals surface area contributed by atoms with Crippen LogP contribution < -0.4 is 4.74 Å². The third-order valence-electron chi connectivity index (χ3n) is 1.63. The maximum atomic E-state index is 12.0. The van der Waals surface area contributed by atoms with Crippen molar-refractivity contribution >= 4 is 33.5 Å². The highest BCUT2D eigenvalue weighted by atomic mass is 79.9. The summed E-state index contributed by atoms with van der Waals surface area (Å²) in [5, 5.41) is -0.0343. The van der Waals surface area contributed by atoms with Gasteiger partial charge in [0.15, 0.2) is 0 Å². The zero-order valence-electron chi connectivity index (χ0n) is 7.97. The Labute approximate surface area is 103 Å². The average molecular weight is 315 g/mol. The summed E-state index contributed by atoms with van der Waals surface area (Å²) >= 11 is 8.72. The van der Waals surface area contributed by atoms with Gasteiger partial charge in [-0.3, -0.25) is 0 Å². The lowest BCUT2D eigenvalue weighted by Gasteiger charge is -2.09. The fourth-order valence-corrected chi connectivity index (χ4v) is 1.58. The van der Waals surface area contributed by atoms with Crippen molar-refractivity contribution in [3.63, 3.8) is 0 Å². The molecule has 0 unspecified atom stereocenters. The van der Waals surface area contributed by atoms with Crippen molar-refractivity contribution in [2.45, 2.75) is 6.61 Å². The summed E-state index contributed by atoms with van der Waals surface area (Å²) in [6, 6.07) is 2.44. The molecule has 0 heterocycles. The topological polar surface area (TPSA) is 35.5 Å². The fourth-order valence-electron chi connectivity index (χ4n) is 0.981. The number of carbonyl (C=O) groups is 1. The molecule has 0 radical (unpaired) electrons. The average Bonchev–Trinajstić information content (AvgIpc) is 2.22. The molecule has 0 N–H and O–H groups in total. The van der Waals surface area contributed by atoms with Gasteiger partial charge >= 0.3 is 12.6 Å². The predicted molar refractivity (Wildman–Crippen MR) is 57.1 cm³/mol. The molecule has 7 heteroatoms. The molecule has 0 aliphatic rings. The first-order chi connectivity index (χ1) is 7.45. The summed E-state index contributed by atoms with van der Waals surface area (Å²) in [5.74, 6) is -0.956. The van der Waals surface area contributed by atoms with Crippen LogP contribution in [0.15, 0.2) is 16.6 Å². The molecule has 1 aromatic carbocycles. The number of esters is 1. The Morgan fingerprint density at radius 3 is 2.62 bits per heavy atom. The molecule has 88 valence electrons. The van der Waals surface area contributed by atoms with Crippen molar-refractivity contribution in [1.29, 1.82) is 0 Å². The van der Waals surface area contributed by atoms with Crippen molar-refractivity contribution in [3.05, 3.63) is 27.2 Å². The van der Waals surface area contributed by atoms with Gasteiger partial charge in [-0.2, -0.15) is 8.78 Å². The van der Waals surface area contributed by atoms with Crippen LogP contribution in [-0.2, 0) is 4.74 Å². The Kier molecular flexibility index (Phi) is 4.49. The largest absolute Gasteiger partial charge is 0.465 e. The minimum atomic E-state index is -3.02. The summed E-state index contributed by atoms with van der Waals surface area (Å²) in [4.78, 5) is 11.2. The number of methoxy groups -OCH3 is 1. The molecule has 0 aromatic heterocycles.